The van der Waals surface area contributed by atoms with E-state index in [0.717, 1.165) is 39.2 Å². The largest absolute Gasteiger partial charge is 0.485 e. The molecule has 0 aliphatic rings. The first-order valence-electron chi connectivity index (χ1n) is 10.6. The smallest absolute Gasteiger partial charge is 0.191 e. The van der Waals surface area contributed by atoms with Gasteiger partial charge in [-0.1, -0.05) is 72.4 Å². The minimum Gasteiger partial charge on any atom is -0.485 e. The second-order valence-corrected chi connectivity index (χ2v) is 8.23. The van der Waals surface area contributed by atoms with Gasteiger partial charge in [0.15, 0.2) is 11.0 Å². The van der Waals surface area contributed by atoms with E-state index in [-0.39, 0.29) is 0 Å². The lowest BCUT2D eigenvalue weighted by Gasteiger charge is -2.13. The van der Waals surface area contributed by atoms with Gasteiger partial charge < -0.3 is 14.0 Å². The molecule has 4 aromatic rings. The molecule has 3 aromatic carbocycles. The SMILES string of the molecule is COCCn1c(COc2ccccc2-c2ccccc2)nnc1SCc1ccc(C#N)cc1. The normalized spacial score (nSPS) is 10.7. The van der Waals surface area contributed by atoms with Crippen LogP contribution in [0.25, 0.3) is 11.1 Å². The molecule has 0 saturated heterocycles. The van der Waals surface area contributed by atoms with Crippen molar-refractivity contribution < 1.29 is 9.47 Å². The van der Waals surface area contributed by atoms with Crippen molar-refractivity contribution in [2.75, 3.05) is 13.7 Å². The maximum absolute atomic E-state index is 8.97. The highest BCUT2D eigenvalue weighted by Crippen LogP contribution is 2.30. The van der Waals surface area contributed by atoms with E-state index < -0.39 is 0 Å². The molecule has 0 radical (unpaired) electrons. The summed E-state index contributed by atoms with van der Waals surface area (Å²) in [6.45, 7) is 1.49. The Hall–Kier alpha value is -3.60. The van der Waals surface area contributed by atoms with Crippen LogP contribution in [-0.2, 0) is 23.6 Å². The summed E-state index contributed by atoms with van der Waals surface area (Å²) in [6.07, 6.45) is 0. The second-order valence-electron chi connectivity index (χ2n) is 7.29. The molecule has 0 aliphatic heterocycles. The quantitative estimate of drug-likeness (QED) is 0.300. The molecule has 6 nitrogen and oxygen atoms in total. The molecule has 1 heterocycles. The first kappa shape index (κ1) is 22.6. The standard InChI is InChI=1S/C26H24N4O2S/c1-31-16-15-30-25(28-29-26(30)33-19-21-13-11-20(17-27)12-14-21)18-32-24-10-6-5-9-23(24)22-7-3-2-4-8-22/h2-14H,15-16,18-19H2,1H3. The van der Waals surface area contributed by atoms with Crippen molar-refractivity contribution in [2.24, 2.45) is 0 Å². The Labute approximate surface area is 197 Å². The molecule has 1 aromatic heterocycles. The maximum Gasteiger partial charge on any atom is 0.191 e. The Morgan fingerprint density at radius 1 is 0.939 bits per heavy atom. The van der Waals surface area contributed by atoms with Gasteiger partial charge in [0, 0.05) is 25.0 Å². The van der Waals surface area contributed by atoms with E-state index in [1.54, 1.807) is 18.9 Å². The Balaban J connectivity index is 1.49. The van der Waals surface area contributed by atoms with Crippen LogP contribution in [0.2, 0.25) is 0 Å². The Morgan fingerprint density at radius 3 is 2.45 bits per heavy atom. The van der Waals surface area contributed by atoms with Gasteiger partial charge in [-0.15, -0.1) is 10.2 Å². The van der Waals surface area contributed by atoms with Gasteiger partial charge in [0.2, 0.25) is 0 Å². The van der Waals surface area contributed by atoms with Crippen molar-refractivity contribution in [1.29, 1.82) is 5.26 Å². The number of thioether (sulfide) groups is 1. The van der Waals surface area contributed by atoms with E-state index in [1.165, 1.54) is 0 Å². The molecule has 33 heavy (non-hydrogen) atoms. The summed E-state index contributed by atoms with van der Waals surface area (Å²) in [4.78, 5) is 0. The Kier molecular flexibility index (Phi) is 7.75. The molecule has 0 atom stereocenters. The lowest BCUT2D eigenvalue weighted by molar-refractivity contribution is 0.181. The summed E-state index contributed by atoms with van der Waals surface area (Å²) in [5.74, 6) is 2.28. The van der Waals surface area contributed by atoms with Gasteiger partial charge in [-0.3, -0.25) is 0 Å². The van der Waals surface area contributed by atoms with Crippen LogP contribution in [-0.4, -0.2) is 28.5 Å². The number of methoxy groups -OCH3 is 1. The van der Waals surface area contributed by atoms with E-state index in [2.05, 4.69) is 34.5 Å². The first-order chi connectivity index (χ1) is 16.3. The van der Waals surface area contributed by atoms with Crippen LogP contribution in [0.1, 0.15) is 17.0 Å². The molecule has 0 amide bonds. The number of nitrogens with zero attached hydrogens (tertiary/aromatic N) is 4. The summed E-state index contributed by atoms with van der Waals surface area (Å²) in [5.41, 5.74) is 3.92. The van der Waals surface area contributed by atoms with Crippen molar-refractivity contribution in [3.05, 3.63) is 95.8 Å². The number of rotatable bonds is 10. The minimum absolute atomic E-state index is 0.304. The fourth-order valence-corrected chi connectivity index (χ4v) is 4.29. The van der Waals surface area contributed by atoms with Crippen molar-refractivity contribution >= 4 is 11.8 Å². The van der Waals surface area contributed by atoms with E-state index in [9.17, 15) is 0 Å². The average Bonchev–Trinajstić information content (AvgIpc) is 3.27. The van der Waals surface area contributed by atoms with Crippen LogP contribution in [0.5, 0.6) is 5.75 Å². The van der Waals surface area contributed by atoms with E-state index >= 15 is 0 Å². The van der Waals surface area contributed by atoms with Crippen molar-refractivity contribution in [3.8, 4) is 22.9 Å². The van der Waals surface area contributed by atoms with Crippen molar-refractivity contribution in [1.82, 2.24) is 14.8 Å². The van der Waals surface area contributed by atoms with E-state index in [0.29, 0.717) is 25.3 Å². The molecule has 0 N–H and O–H groups in total. The molecule has 0 saturated carbocycles. The summed E-state index contributed by atoms with van der Waals surface area (Å²) in [7, 11) is 1.68. The summed E-state index contributed by atoms with van der Waals surface area (Å²) in [5, 5.41) is 18.6. The number of para-hydroxylation sites is 1. The van der Waals surface area contributed by atoms with Crippen LogP contribution < -0.4 is 4.74 Å². The lowest BCUT2D eigenvalue weighted by Crippen LogP contribution is -2.12. The molecule has 0 aliphatic carbocycles. The van der Waals surface area contributed by atoms with Crippen LogP contribution in [0.3, 0.4) is 0 Å². The van der Waals surface area contributed by atoms with Gasteiger partial charge in [0.05, 0.1) is 18.2 Å². The third kappa shape index (κ3) is 5.80. The zero-order valence-corrected chi connectivity index (χ0v) is 19.2. The van der Waals surface area contributed by atoms with Gasteiger partial charge in [-0.05, 0) is 29.3 Å². The molecule has 0 fully saturated rings. The van der Waals surface area contributed by atoms with E-state index in [4.69, 9.17) is 14.7 Å². The predicted molar refractivity (Wildman–Crippen MR) is 129 cm³/mol. The van der Waals surface area contributed by atoms with Crippen LogP contribution in [0, 0.1) is 11.3 Å². The van der Waals surface area contributed by atoms with Gasteiger partial charge in [-0.2, -0.15) is 5.26 Å². The monoisotopic (exact) mass is 456 g/mol. The number of nitriles is 1. The maximum atomic E-state index is 8.97. The number of benzene rings is 3. The van der Waals surface area contributed by atoms with Gasteiger partial charge >= 0.3 is 0 Å². The topological polar surface area (TPSA) is 73.0 Å². The van der Waals surface area contributed by atoms with Gasteiger partial charge in [-0.25, -0.2) is 0 Å². The highest BCUT2D eigenvalue weighted by Gasteiger charge is 2.15. The fourth-order valence-electron chi connectivity index (χ4n) is 3.35. The summed E-state index contributed by atoms with van der Waals surface area (Å²) >= 11 is 1.60. The highest BCUT2D eigenvalue weighted by molar-refractivity contribution is 7.98. The third-order valence-electron chi connectivity index (χ3n) is 5.09. The summed E-state index contributed by atoms with van der Waals surface area (Å²) < 4.78 is 13.5. The third-order valence-corrected chi connectivity index (χ3v) is 6.13. The van der Waals surface area contributed by atoms with Crippen LogP contribution >= 0.6 is 11.8 Å². The number of ether oxygens (including phenoxy) is 2. The highest BCUT2D eigenvalue weighted by atomic mass is 32.2. The van der Waals surface area contributed by atoms with Crippen LogP contribution in [0.15, 0.2) is 84.0 Å². The van der Waals surface area contributed by atoms with Crippen molar-refractivity contribution in [2.45, 2.75) is 24.1 Å². The molecule has 4 rings (SSSR count). The molecule has 0 spiro atoms. The number of aromatic nitrogens is 3. The lowest BCUT2D eigenvalue weighted by atomic mass is 10.1. The fraction of sp³-hybridized carbons (Fsp3) is 0.192. The summed E-state index contributed by atoms with van der Waals surface area (Å²) in [6, 6.07) is 27.9. The zero-order chi connectivity index (χ0) is 22.9. The van der Waals surface area contributed by atoms with Gasteiger partial charge in [0.25, 0.3) is 0 Å². The molecule has 7 heteroatoms. The average molecular weight is 457 g/mol. The molecular weight excluding hydrogens is 432 g/mol. The Bertz CT molecular complexity index is 1220. The van der Waals surface area contributed by atoms with E-state index in [1.807, 2.05) is 65.2 Å². The van der Waals surface area contributed by atoms with Crippen LogP contribution in [0.4, 0.5) is 0 Å². The molecule has 0 unspecified atom stereocenters. The number of hydrogen-bond donors (Lipinski definition) is 0. The Morgan fingerprint density at radius 2 is 1.70 bits per heavy atom. The molecule has 0 bridgehead atoms. The minimum atomic E-state index is 0.304. The van der Waals surface area contributed by atoms with Gasteiger partial charge in [0.1, 0.15) is 12.4 Å². The second kappa shape index (κ2) is 11.3. The van der Waals surface area contributed by atoms with Crippen molar-refractivity contribution in [3.63, 3.8) is 0 Å². The predicted octanol–water partition coefficient (Wildman–Crippen LogP) is 5.33. The molecular formula is C26H24N4O2S. The zero-order valence-electron chi connectivity index (χ0n) is 18.3. The number of hydrogen-bond acceptors (Lipinski definition) is 6. The molecule has 166 valence electrons. The first-order valence-corrected chi connectivity index (χ1v) is 11.6.